The fourth-order valence-electron chi connectivity index (χ4n) is 0.821. The highest BCUT2D eigenvalue weighted by Gasteiger charge is 2.03. The van der Waals surface area contributed by atoms with Gasteiger partial charge in [0.2, 0.25) is 0 Å². The van der Waals surface area contributed by atoms with E-state index in [-0.39, 0.29) is 0 Å². The van der Waals surface area contributed by atoms with Crippen LogP contribution in [0.25, 0.3) is 0 Å². The largest absolute Gasteiger partial charge is 0.117 e. The Balaban J connectivity index is 3.24. The maximum Gasteiger partial charge on any atom is -0.0114 e. The second-order valence-electron chi connectivity index (χ2n) is 3.02. The highest BCUT2D eigenvalue weighted by molar-refractivity contribution is 8.44. The van der Waals surface area contributed by atoms with E-state index in [0.29, 0.717) is 15.2 Å². The lowest BCUT2D eigenvalue weighted by Crippen LogP contribution is -1.86. The first-order valence-electron chi connectivity index (χ1n) is 4.58. The SMILES string of the molecule is CCCPCP(P)CCP(C)PP. The van der Waals surface area contributed by atoms with Gasteiger partial charge < -0.3 is 0 Å². The monoisotopic (exact) mass is 292 g/mol. The van der Waals surface area contributed by atoms with Crippen molar-refractivity contribution in [2.45, 2.75) is 13.3 Å². The summed E-state index contributed by atoms with van der Waals surface area (Å²) < 4.78 is 0. The van der Waals surface area contributed by atoms with Gasteiger partial charge in [-0.05, 0) is 31.1 Å². The van der Waals surface area contributed by atoms with Crippen molar-refractivity contribution < 1.29 is 0 Å². The fraction of sp³-hybridized carbons (Fsp3) is 1.00. The summed E-state index contributed by atoms with van der Waals surface area (Å²) in [5, 5.41) is 0. The van der Waals surface area contributed by atoms with E-state index < -0.39 is 0 Å². The lowest BCUT2D eigenvalue weighted by atomic mass is 10.6. The normalized spacial score (nSPS) is 17.5. The first kappa shape index (κ1) is 15.6. The molecule has 0 fully saturated rings. The smallest absolute Gasteiger partial charge is 0.0114 e. The molecule has 0 heterocycles. The zero-order chi connectivity index (χ0) is 10.1. The molecule has 0 aromatic carbocycles. The lowest BCUT2D eigenvalue weighted by Gasteiger charge is -2.14. The lowest BCUT2D eigenvalue weighted by molar-refractivity contribution is 1.10. The average Bonchev–Trinajstić information content (AvgIpc) is 2.14. The van der Waals surface area contributed by atoms with Crippen LogP contribution in [0, 0.1) is 0 Å². The van der Waals surface area contributed by atoms with Crippen molar-refractivity contribution in [3.63, 3.8) is 0 Å². The Morgan fingerprint density at radius 2 is 2.00 bits per heavy atom. The summed E-state index contributed by atoms with van der Waals surface area (Å²) >= 11 is 0. The zero-order valence-electron chi connectivity index (χ0n) is 8.58. The van der Waals surface area contributed by atoms with Gasteiger partial charge in [-0.2, -0.15) is 0 Å². The maximum absolute atomic E-state index is 3.09. The molecule has 0 rings (SSSR count). The Bertz CT molecular complexity index is 109. The highest BCUT2D eigenvalue weighted by atomic mass is 32.4. The maximum atomic E-state index is 3.09. The molecular weight excluding hydrogens is 270 g/mol. The van der Waals surface area contributed by atoms with Gasteiger partial charge in [0.05, 0.1) is 0 Å². The van der Waals surface area contributed by atoms with E-state index in [1.807, 2.05) is 0 Å². The second kappa shape index (κ2) is 11.1. The summed E-state index contributed by atoms with van der Waals surface area (Å²) in [5.41, 5.74) is 0. The van der Waals surface area contributed by atoms with Crippen LogP contribution < -0.4 is 0 Å². The molecule has 80 valence electrons. The standard InChI is InChI=1S/C7H22P6/c1-3-4-10-7-13(9)6-5-12(2)11-8/h10-11H,3-9H2,1-2H3. The summed E-state index contributed by atoms with van der Waals surface area (Å²) in [5.74, 6) is 1.51. The second-order valence-corrected chi connectivity index (χ2v) is 16.6. The molecule has 13 heavy (non-hydrogen) atoms. The van der Waals surface area contributed by atoms with E-state index in [2.05, 4.69) is 31.4 Å². The molecule has 0 aliphatic heterocycles. The molecule has 0 saturated heterocycles. The molecule has 0 amide bonds. The van der Waals surface area contributed by atoms with Crippen molar-refractivity contribution >= 4 is 49.6 Å². The molecule has 0 saturated carbocycles. The Morgan fingerprint density at radius 1 is 1.31 bits per heavy atom. The van der Waals surface area contributed by atoms with Crippen LogP contribution in [0.5, 0.6) is 0 Å². The van der Waals surface area contributed by atoms with Gasteiger partial charge in [0, 0.05) is 0 Å². The van der Waals surface area contributed by atoms with E-state index in [4.69, 9.17) is 0 Å². The predicted octanol–water partition coefficient (Wildman–Crippen LogP) is 4.80. The summed E-state index contributed by atoms with van der Waals surface area (Å²) in [7, 11) is 9.02. The molecule has 0 nitrogen and oxygen atoms in total. The van der Waals surface area contributed by atoms with Crippen LogP contribution >= 0.6 is 49.6 Å². The topological polar surface area (TPSA) is 0 Å². The average molecular weight is 292 g/mol. The van der Waals surface area contributed by atoms with Gasteiger partial charge in [0.15, 0.2) is 0 Å². The Kier molecular flexibility index (Phi) is 13.3. The van der Waals surface area contributed by atoms with E-state index in [9.17, 15) is 0 Å². The van der Waals surface area contributed by atoms with Gasteiger partial charge in [-0.25, -0.2) is 0 Å². The summed E-state index contributed by atoms with van der Waals surface area (Å²) in [6.45, 7) is 4.72. The first-order valence-corrected chi connectivity index (χ1v) is 15.0. The number of rotatable bonds is 8. The molecule has 6 atom stereocenters. The third-order valence-electron chi connectivity index (χ3n) is 1.68. The molecule has 6 unspecified atom stereocenters. The molecular formula is C7H22P6. The van der Waals surface area contributed by atoms with Gasteiger partial charge in [-0.3, -0.25) is 0 Å². The van der Waals surface area contributed by atoms with Crippen LogP contribution in [-0.4, -0.2) is 31.1 Å². The molecule has 0 aromatic heterocycles. The summed E-state index contributed by atoms with van der Waals surface area (Å²) in [6, 6.07) is 0. The van der Waals surface area contributed by atoms with Crippen molar-refractivity contribution in [3.05, 3.63) is 0 Å². The van der Waals surface area contributed by atoms with Gasteiger partial charge in [0.25, 0.3) is 0 Å². The molecule has 0 aliphatic rings. The third-order valence-corrected chi connectivity index (χ3v) is 15.9. The van der Waals surface area contributed by atoms with Crippen molar-refractivity contribution in [2.24, 2.45) is 0 Å². The van der Waals surface area contributed by atoms with Gasteiger partial charge in [-0.1, -0.05) is 36.5 Å². The van der Waals surface area contributed by atoms with Crippen LogP contribution in [-0.2, 0) is 0 Å². The third kappa shape index (κ3) is 10.9. The quantitative estimate of drug-likeness (QED) is 0.445. The van der Waals surface area contributed by atoms with Crippen molar-refractivity contribution in [3.8, 4) is 0 Å². The van der Waals surface area contributed by atoms with Crippen LogP contribution in [0.3, 0.4) is 0 Å². The van der Waals surface area contributed by atoms with E-state index in [0.717, 1.165) is 7.96 Å². The number of hydrogen-bond acceptors (Lipinski definition) is 0. The van der Waals surface area contributed by atoms with Crippen LogP contribution in [0.1, 0.15) is 13.3 Å². The minimum absolute atomic E-state index is 0.310. The van der Waals surface area contributed by atoms with Crippen LogP contribution in [0.2, 0.25) is 0 Å². The Morgan fingerprint density at radius 3 is 2.54 bits per heavy atom. The molecule has 0 aliphatic carbocycles. The summed E-state index contributed by atoms with van der Waals surface area (Å²) in [4.78, 5) is 0. The molecule has 0 bridgehead atoms. The highest BCUT2D eigenvalue weighted by Crippen LogP contribution is 2.60. The van der Waals surface area contributed by atoms with Crippen LogP contribution in [0.15, 0.2) is 0 Å². The Labute approximate surface area is 94.1 Å². The molecule has 0 spiro atoms. The van der Waals surface area contributed by atoms with E-state index >= 15 is 0 Å². The minimum atomic E-state index is 0.310. The van der Waals surface area contributed by atoms with Crippen molar-refractivity contribution in [1.29, 1.82) is 0 Å². The van der Waals surface area contributed by atoms with Gasteiger partial charge >= 0.3 is 0 Å². The van der Waals surface area contributed by atoms with Crippen molar-refractivity contribution in [2.75, 3.05) is 31.1 Å². The minimum Gasteiger partial charge on any atom is -0.117 e. The summed E-state index contributed by atoms with van der Waals surface area (Å²) in [6.07, 6.45) is 5.84. The van der Waals surface area contributed by atoms with Crippen molar-refractivity contribution in [1.82, 2.24) is 0 Å². The van der Waals surface area contributed by atoms with E-state index in [1.165, 1.54) is 39.4 Å². The molecule has 0 radical (unpaired) electrons. The molecule has 0 N–H and O–H groups in total. The zero-order valence-corrected chi connectivity index (χ0v) is 14.7. The van der Waals surface area contributed by atoms with Gasteiger partial charge in [0.1, 0.15) is 0 Å². The first-order chi connectivity index (χ1) is 6.20. The predicted molar refractivity (Wildman–Crippen MR) is 85.6 cm³/mol. The Hall–Kier alpha value is 2.58. The van der Waals surface area contributed by atoms with Crippen LogP contribution in [0.4, 0.5) is 0 Å². The molecule has 6 heteroatoms. The number of hydrogen-bond donors (Lipinski definition) is 0. The van der Waals surface area contributed by atoms with E-state index in [1.54, 1.807) is 0 Å². The fourth-order valence-corrected chi connectivity index (χ4v) is 10.6. The van der Waals surface area contributed by atoms with Gasteiger partial charge in [-0.15, -0.1) is 26.4 Å². The molecule has 0 aromatic rings.